The molecule has 6 nitrogen and oxygen atoms in total. The number of hydrogen-bond acceptors (Lipinski definition) is 5. The molecule has 2 unspecified atom stereocenters. The minimum absolute atomic E-state index is 0.158. The quantitative estimate of drug-likeness (QED) is 0.587. The average molecular weight is 197 g/mol. The van der Waals surface area contributed by atoms with Crippen molar-refractivity contribution in [2.24, 2.45) is 5.73 Å². The van der Waals surface area contributed by atoms with Gasteiger partial charge in [-0.1, -0.05) is 0 Å². The van der Waals surface area contributed by atoms with E-state index >= 15 is 0 Å². The summed E-state index contributed by atoms with van der Waals surface area (Å²) in [6, 6.07) is -1.38. The molecular formula is C8H11N3O3. The molecule has 6 heteroatoms. The van der Waals surface area contributed by atoms with Gasteiger partial charge in [0.25, 0.3) is 0 Å². The number of carboxylic acids is 1. The van der Waals surface area contributed by atoms with E-state index in [-0.39, 0.29) is 5.69 Å². The molecule has 0 aliphatic heterocycles. The number of aliphatic hydroxyl groups excluding tert-OH is 1. The Kier molecular flexibility index (Phi) is 3.10. The van der Waals surface area contributed by atoms with Gasteiger partial charge < -0.3 is 15.9 Å². The molecule has 4 N–H and O–H groups in total. The largest absolute Gasteiger partial charge is 0.480 e. The number of aliphatic carboxylic acids is 1. The molecule has 0 aromatic carbocycles. The van der Waals surface area contributed by atoms with Crippen LogP contribution in [0.15, 0.2) is 12.4 Å². The number of nitrogens with zero attached hydrogens (tertiary/aromatic N) is 2. The summed E-state index contributed by atoms with van der Waals surface area (Å²) in [4.78, 5) is 18.1. The normalized spacial score (nSPS) is 14.8. The van der Waals surface area contributed by atoms with Gasteiger partial charge in [-0.2, -0.15) is 0 Å². The third-order valence-corrected chi connectivity index (χ3v) is 1.73. The highest BCUT2D eigenvalue weighted by Crippen LogP contribution is 2.11. The van der Waals surface area contributed by atoms with Crippen molar-refractivity contribution in [2.75, 3.05) is 0 Å². The lowest BCUT2D eigenvalue weighted by Crippen LogP contribution is -2.36. The van der Waals surface area contributed by atoms with Crippen LogP contribution >= 0.6 is 0 Å². The topological polar surface area (TPSA) is 109 Å². The van der Waals surface area contributed by atoms with Gasteiger partial charge in [-0.05, 0) is 6.92 Å². The number of nitrogens with two attached hydrogens (primary N) is 1. The Morgan fingerprint density at radius 2 is 2.14 bits per heavy atom. The lowest BCUT2D eigenvalue weighted by molar-refractivity contribution is -0.141. The summed E-state index contributed by atoms with van der Waals surface area (Å²) < 4.78 is 0. The van der Waals surface area contributed by atoms with Crippen LogP contribution in [-0.4, -0.2) is 32.2 Å². The van der Waals surface area contributed by atoms with Crippen LogP contribution in [-0.2, 0) is 4.79 Å². The molecule has 0 amide bonds. The van der Waals surface area contributed by atoms with Crippen molar-refractivity contribution < 1.29 is 15.0 Å². The van der Waals surface area contributed by atoms with Crippen molar-refractivity contribution in [2.45, 2.75) is 19.1 Å². The van der Waals surface area contributed by atoms with Crippen molar-refractivity contribution in [3.8, 4) is 0 Å². The van der Waals surface area contributed by atoms with Crippen molar-refractivity contribution in [3.05, 3.63) is 23.8 Å². The Hall–Kier alpha value is -1.53. The number of carbonyl (C=O) groups is 1. The molecule has 0 fully saturated rings. The molecule has 0 aliphatic carbocycles. The van der Waals surface area contributed by atoms with E-state index in [4.69, 9.17) is 10.8 Å². The van der Waals surface area contributed by atoms with Crippen LogP contribution in [0.1, 0.15) is 17.5 Å². The van der Waals surface area contributed by atoms with E-state index in [9.17, 15) is 9.90 Å². The highest BCUT2D eigenvalue weighted by Gasteiger charge is 2.24. The van der Waals surface area contributed by atoms with Crippen molar-refractivity contribution >= 4 is 5.97 Å². The molecule has 0 aliphatic rings. The highest BCUT2D eigenvalue weighted by atomic mass is 16.4. The van der Waals surface area contributed by atoms with Gasteiger partial charge in [-0.25, -0.2) is 0 Å². The minimum Gasteiger partial charge on any atom is -0.480 e. The summed E-state index contributed by atoms with van der Waals surface area (Å²) in [5, 5.41) is 18.0. The predicted octanol–water partition coefficient (Wildman–Crippen LogP) is -0.770. The number of aryl methyl sites for hydroxylation is 1. The number of carboxylic acid groups (broad SMARTS) is 1. The second-order valence-electron chi connectivity index (χ2n) is 2.89. The molecule has 1 aromatic rings. The fourth-order valence-electron chi connectivity index (χ4n) is 0.874. The molecule has 0 bridgehead atoms. The lowest BCUT2D eigenvalue weighted by Gasteiger charge is -2.13. The van der Waals surface area contributed by atoms with E-state index < -0.39 is 18.1 Å². The van der Waals surface area contributed by atoms with Gasteiger partial charge in [0.15, 0.2) is 0 Å². The van der Waals surface area contributed by atoms with E-state index in [1.165, 1.54) is 12.4 Å². The van der Waals surface area contributed by atoms with Gasteiger partial charge >= 0.3 is 5.97 Å². The zero-order valence-electron chi connectivity index (χ0n) is 7.58. The first-order valence-electron chi connectivity index (χ1n) is 3.97. The van der Waals surface area contributed by atoms with Crippen LogP contribution in [0.3, 0.4) is 0 Å². The maximum absolute atomic E-state index is 10.4. The molecule has 1 heterocycles. The van der Waals surface area contributed by atoms with Crippen LogP contribution in [0.25, 0.3) is 0 Å². The number of aromatic nitrogens is 2. The zero-order chi connectivity index (χ0) is 10.7. The first-order chi connectivity index (χ1) is 6.52. The summed E-state index contributed by atoms with van der Waals surface area (Å²) in [5.41, 5.74) is 6.06. The molecule has 14 heavy (non-hydrogen) atoms. The molecule has 0 radical (unpaired) electrons. The third-order valence-electron chi connectivity index (χ3n) is 1.73. The monoisotopic (exact) mass is 197 g/mol. The van der Waals surface area contributed by atoms with Crippen molar-refractivity contribution in [3.63, 3.8) is 0 Å². The smallest absolute Gasteiger partial charge is 0.323 e. The van der Waals surface area contributed by atoms with Gasteiger partial charge in [0.2, 0.25) is 0 Å². The molecule has 1 rings (SSSR count). The summed E-state index contributed by atoms with van der Waals surface area (Å²) >= 11 is 0. The van der Waals surface area contributed by atoms with Gasteiger partial charge in [0, 0.05) is 6.20 Å². The lowest BCUT2D eigenvalue weighted by atomic mass is 10.1. The number of hydrogen-bond donors (Lipinski definition) is 3. The van der Waals surface area contributed by atoms with Crippen LogP contribution in [0.5, 0.6) is 0 Å². The van der Waals surface area contributed by atoms with Gasteiger partial charge in [-0.15, -0.1) is 0 Å². The second-order valence-corrected chi connectivity index (χ2v) is 2.89. The maximum Gasteiger partial charge on any atom is 0.323 e. The number of aliphatic hydroxyl groups is 1. The molecule has 0 saturated carbocycles. The van der Waals surface area contributed by atoms with E-state index in [0.717, 1.165) is 0 Å². The molecular weight excluding hydrogens is 186 g/mol. The summed E-state index contributed by atoms with van der Waals surface area (Å²) in [6.45, 7) is 1.74. The Morgan fingerprint density at radius 3 is 2.57 bits per heavy atom. The van der Waals surface area contributed by atoms with Crippen LogP contribution in [0, 0.1) is 6.92 Å². The Balaban J connectivity index is 2.84. The molecule has 0 spiro atoms. The molecule has 0 saturated heterocycles. The van der Waals surface area contributed by atoms with Crippen LogP contribution in [0.4, 0.5) is 0 Å². The summed E-state index contributed by atoms with van der Waals surface area (Å²) in [7, 11) is 0. The van der Waals surface area contributed by atoms with E-state index in [0.29, 0.717) is 5.69 Å². The van der Waals surface area contributed by atoms with Crippen molar-refractivity contribution in [1.82, 2.24) is 9.97 Å². The fourth-order valence-corrected chi connectivity index (χ4v) is 0.874. The van der Waals surface area contributed by atoms with Gasteiger partial charge in [0.1, 0.15) is 12.1 Å². The zero-order valence-corrected chi connectivity index (χ0v) is 7.58. The molecule has 76 valence electrons. The average Bonchev–Trinajstić information content (AvgIpc) is 2.16. The third kappa shape index (κ3) is 2.24. The molecule has 2 atom stereocenters. The second kappa shape index (κ2) is 4.12. The fraction of sp³-hybridized carbons (Fsp3) is 0.375. The minimum atomic E-state index is -1.38. The van der Waals surface area contributed by atoms with Gasteiger partial charge in [-0.3, -0.25) is 14.8 Å². The van der Waals surface area contributed by atoms with Crippen molar-refractivity contribution in [1.29, 1.82) is 0 Å². The predicted molar refractivity (Wildman–Crippen MR) is 47.3 cm³/mol. The Bertz CT molecular complexity index is 325. The maximum atomic E-state index is 10.4. The summed E-state index contributed by atoms with van der Waals surface area (Å²) in [6.07, 6.45) is 1.41. The van der Waals surface area contributed by atoms with Crippen LogP contribution < -0.4 is 5.73 Å². The SMILES string of the molecule is Cc1cnc(C(O)C(N)C(=O)O)cn1. The van der Waals surface area contributed by atoms with Gasteiger partial charge in [0.05, 0.1) is 17.6 Å². The first kappa shape index (κ1) is 10.6. The standard InChI is InChI=1S/C8H11N3O3/c1-4-2-11-5(3-10-4)7(12)6(9)8(13)14/h2-3,6-7,12H,9H2,1H3,(H,13,14). The van der Waals surface area contributed by atoms with E-state index in [2.05, 4.69) is 9.97 Å². The van der Waals surface area contributed by atoms with E-state index in [1.807, 2.05) is 0 Å². The van der Waals surface area contributed by atoms with E-state index in [1.54, 1.807) is 6.92 Å². The number of rotatable bonds is 3. The molecule has 1 aromatic heterocycles. The highest BCUT2D eigenvalue weighted by molar-refractivity contribution is 5.74. The first-order valence-corrected chi connectivity index (χ1v) is 3.97. The Labute approximate surface area is 80.4 Å². The summed E-state index contributed by atoms with van der Waals surface area (Å²) in [5.74, 6) is -1.28. The van der Waals surface area contributed by atoms with Crippen LogP contribution in [0.2, 0.25) is 0 Å². The Morgan fingerprint density at radius 1 is 1.50 bits per heavy atom.